The standard InChI is InChI=1S/C16H25ClN2/c1-10(2)12-5-7-13(8-6-12)16-18-14(11(3)4)9-15(17)19-16/h9-13H,5-8H2,1-4H3. The average Bonchev–Trinajstić information content (AvgIpc) is 2.38. The van der Waals surface area contributed by atoms with Crippen LogP contribution in [0.25, 0.3) is 0 Å². The van der Waals surface area contributed by atoms with Gasteiger partial charge in [0.05, 0.1) is 0 Å². The van der Waals surface area contributed by atoms with Crippen molar-refractivity contribution >= 4 is 11.6 Å². The van der Waals surface area contributed by atoms with Gasteiger partial charge < -0.3 is 0 Å². The van der Waals surface area contributed by atoms with Crippen molar-refractivity contribution in [1.82, 2.24) is 9.97 Å². The van der Waals surface area contributed by atoms with E-state index in [1.165, 1.54) is 25.7 Å². The van der Waals surface area contributed by atoms with E-state index in [4.69, 9.17) is 16.6 Å². The molecule has 19 heavy (non-hydrogen) atoms. The van der Waals surface area contributed by atoms with Crippen LogP contribution < -0.4 is 0 Å². The molecule has 0 saturated heterocycles. The van der Waals surface area contributed by atoms with Crippen molar-refractivity contribution in [3.63, 3.8) is 0 Å². The van der Waals surface area contributed by atoms with Crippen LogP contribution in [-0.2, 0) is 0 Å². The zero-order chi connectivity index (χ0) is 14.0. The Morgan fingerprint density at radius 1 is 1.05 bits per heavy atom. The number of hydrogen-bond donors (Lipinski definition) is 0. The molecule has 1 aliphatic carbocycles. The lowest BCUT2D eigenvalue weighted by atomic mass is 9.76. The summed E-state index contributed by atoms with van der Waals surface area (Å²) in [7, 11) is 0. The van der Waals surface area contributed by atoms with Crippen molar-refractivity contribution in [2.75, 3.05) is 0 Å². The minimum Gasteiger partial charge on any atom is -0.237 e. The lowest BCUT2D eigenvalue weighted by Gasteiger charge is -2.30. The molecule has 0 amide bonds. The zero-order valence-electron chi connectivity index (χ0n) is 12.5. The van der Waals surface area contributed by atoms with Crippen molar-refractivity contribution in [2.45, 2.75) is 65.2 Å². The van der Waals surface area contributed by atoms with Crippen LogP contribution >= 0.6 is 11.6 Å². The number of aromatic nitrogens is 2. The van der Waals surface area contributed by atoms with Gasteiger partial charge in [-0.15, -0.1) is 0 Å². The summed E-state index contributed by atoms with van der Waals surface area (Å²) in [6.45, 7) is 8.96. The average molecular weight is 281 g/mol. The summed E-state index contributed by atoms with van der Waals surface area (Å²) < 4.78 is 0. The largest absolute Gasteiger partial charge is 0.237 e. The Hall–Kier alpha value is -0.630. The van der Waals surface area contributed by atoms with Crippen LogP contribution in [0.5, 0.6) is 0 Å². The highest BCUT2D eigenvalue weighted by Gasteiger charge is 2.26. The van der Waals surface area contributed by atoms with Crippen LogP contribution in [0.4, 0.5) is 0 Å². The van der Waals surface area contributed by atoms with Crippen molar-refractivity contribution in [1.29, 1.82) is 0 Å². The molecule has 0 spiro atoms. The Morgan fingerprint density at radius 2 is 1.68 bits per heavy atom. The molecule has 1 aromatic heterocycles. The van der Waals surface area contributed by atoms with Crippen molar-refractivity contribution in [3.05, 3.63) is 22.7 Å². The lowest BCUT2D eigenvalue weighted by molar-refractivity contribution is 0.254. The molecule has 0 unspecified atom stereocenters. The zero-order valence-corrected chi connectivity index (χ0v) is 13.2. The number of nitrogens with zero attached hydrogens (tertiary/aromatic N) is 2. The fourth-order valence-electron chi connectivity index (χ4n) is 2.98. The predicted octanol–water partition coefficient (Wildman–Crippen LogP) is 5.18. The second-order valence-electron chi connectivity index (χ2n) is 6.48. The first kappa shape index (κ1) is 14.8. The summed E-state index contributed by atoms with van der Waals surface area (Å²) in [5.74, 6) is 3.56. The maximum atomic E-state index is 6.14. The third kappa shape index (κ3) is 3.68. The van der Waals surface area contributed by atoms with Gasteiger partial charge in [-0.3, -0.25) is 0 Å². The van der Waals surface area contributed by atoms with Gasteiger partial charge in [0.2, 0.25) is 0 Å². The minimum absolute atomic E-state index is 0.409. The van der Waals surface area contributed by atoms with Gasteiger partial charge in [0.1, 0.15) is 11.0 Å². The van der Waals surface area contributed by atoms with Crippen LogP contribution in [0, 0.1) is 11.8 Å². The third-order valence-corrected chi connectivity index (χ3v) is 4.60. The van der Waals surface area contributed by atoms with Gasteiger partial charge in [-0.05, 0) is 49.5 Å². The number of rotatable bonds is 3. The monoisotopic (exact) mass is 280 g/mol. The third-order valence-electron chi connectivity index (χ3n) is 4.40. The van der Waals surface area contributed by atoms with Gasteiger partial charge in [-0.2, -0.15) is 0 Å². The molecule has 0 N–H and O–H groups in total. The molecule has 0 radical (unpaired) electrons. The van der Waals surface area contributed by atoms with E-state index >= 15 is 0 Å². The summed E-state index contributed by atoms with van der Waals surface area (Å²) in [6.07, 6.45) is 5.02. The Balaban J connectivity index is 2.11. The van der Waals surface area contributed by atoms with E-state index in [9.17, 15) is 0 Å². The first-order valence-corrected chi connectivity index (χ1v) is 7.89. The molecule has 1 heterocycles. The van der Waals surface area contributed by atoms with Crippen LogP contribution in [0.2, 0.25) is 5.15 Å². The van der Waals surface area contributed by atoms with Gasteiger partial charge in [-0.1, -0.05) is 39.3 Å². The number of hydrogen-bond acceptors (Lipinski definition) is 2. The van der Waals surface area contributed by atoms with Gasteiger partial charge >= 0.3 is 0 Å². The Kier molecular flexibility index (Phi) is 4.83. The van der Waals surface area contributed by atoms with Gasteiger partial charge in [0.25, 0.3) is 0 Å². The first-order chi connectivity index (χ1) is 8.97. The van der Waals surface area contributed by atoms with E-state index in [1.54, 1.807) is 0 Å². The SMILES string of the molecule is CC(C)c1cc(Cl)nc(C2CCC(C(C)C)CC2)n1. The van der Waals surface area contributed by atoms with Crippen molar-refractivity contribution in [3.8, 4) is 0 Å². The summed E-state index contributed by atoms with van der Waals surface area (Å²) >= 11 is 6.14. The van der Waals surface area contributed by atoms with Gasteiger partial charge in [0.15, 0.2) is 0 Å². The van der Waals surface area contributed by atoms with Crippen LogP contribution in [0.3, 0.4) is 0 Å². The molecule has 106 valence electrons. The van der Waals surface area contributed by atoms with E-state index in [2.05, 4.69) is 32.7 Å². The Labute approximate surface area is 122 Å². The van der Waals surface area contributed by atoms with E-state index in [0.29, 0.717) is 17.0 Å². The molecule has 0 atom stereocenters. The molecule has 3 heteroatoms. The van der Waals surface area contributed by atoms with E-state index in [-0.39, 0.29) is 0 Å². The fourth-order valence-corrected chi connectivity index (χ4v) is 3.17. The summed E-state index contributed by atoms with van der Waals surface area (Å²) in [4.78, 5) is 9.20. The van der Waals surface area contributed by atoms with Crippen molar-refractivity contribution in [2.24, 2.45) is 11.8 Å². The molecule has 1 aromatic rings. The van der Waals surface area contributed by atoms with E-state index in [1.807, 2.05) is 6.07 Å². The Morgan fingerprint density at radius 3 is 2.21 bits per heavy atom. The fraction of sp³-hybridized carbons (Fsp3) is 0.750. The summed E-state index contributed by atoms with van der Waals surface area (Å²) in [6, 6.07) is 1.90. The molecule has 2 rings (SSSR count). The highest BCUT2D eigenvalue weighted by Crippen LogP contribution is 2.37. The second-order valence-corrected chi connectivity index (χ2v) is 6.87. The minimum atomic E-state index is 0.409. The van der Waals surface area contributed by atoms with Gasteiger partial charge in [0, 0.05) is 11.6 Å². The molecule has 0 aromatic carbocycles. The normalized spacial score (nSPS) is 24.2. The predicted molar refractivity (Wildman–Crippen MR) is 80.7 cm³/mol. The molecule has 1 fully saturated rings. The summed E-state index contributed by atoms with van der Waals surface area (Å²) in [5.41, 5.74) is 1.07. The number of halogens is 1. The lowest BCUT2D eigenvalue weighted by Crippen LogP contribution is -2.19. The highest BCUT2D eigenvalue weighted by atomic mass is 35.5. The Bertz CT molecular complexity index is 421. The smallest absolute Gasteiger partial charge is 0.133 e. The molecular formula is C16H25ClN2. The van der Waals surface area contributed by atoms with Crippen molar-refractivity contribution < 1.29 is 0 Å². The van der Waals surface area contributed by atoms with Crippen LogP contribution in [-0.4, -0.2) is 9.97 Å². The van der Waals surface area contributed by atoms with Crippen LogP contribution in [0.1, 0.15) is 76.7 Å². The maximum absolute atomic E-state index is 6.14. The highest BCUT2D eigenvalue weighted by molar-refractivity contribution is 6.29. The molecule has 1 aliphatic rings. The van der Waals surface area contributed by atoms with E-state index in [0.717, 1.165) is 23.4 Å². The first-order valence-electron chi connectivity index (χ1n) is 7.51. The van der Waals surface area contributed by atoms with E-state index < -0.39 is 0 Å². The maximum Gasteiger partial charge on any atom is 0.133 e. The second kappa shape index (κ2) is 6.21. The quantitative estimate of drug-likeness (QED) is 0.713. The molecule has 2 nitrogen and oxygen atoms in total. The molecule has 0 aliphatic heterocycles. The summed E-state index contributed by atoms with van der Waals surface area (Å²) in [5, 5.41) is 0.597. The molecule has 0 bridgehead atoms. The topological polar surface area (TPSA) is 25.8 Å². The van der Waals surface area contributed by atoms with Crippen LogP contribution in [0.15, 0.2) is 6.07 Å². The van der Waals surface area contributed by atoms with Gasteiger partial charge in [-0.25, -0.2) is 9.97 Å². The molecule has 1 saturated carbocycles. The molecular weight excluding hydrogens is 256 g/mol.